The maximum absolute atomic E-state index is 12.4. The van der Waals surface area contributed by atoms with Gasteiger partial charge in [0.1, 0.15) is 11.8 Å². The lowest BCUT2D eigenvalue weighted by atomic mass is 10.1. The normalized spacial score (nSPS) is 10.5. The molecule has 0 spiro atoms. The monoisotopic (exact) mass is 382 g/mol. The van der Waals surface area contributed by atoms with E-state index in [1.807, 2.05) is 36.4 Å². The molecule has 1 aromatic heterocycles. The molecule has 0 unspecified atom stereocenters. The second-order valence-electron chi connectivity index (χ2n) is 5.24. The zero-order valence-electron chi connectivity index (χ0n) is 13.1. The highest BCUT2D eigenvalue weighted by atomic mass is 79.9. The van der Waals surface area contributed by atoms with Gasteiger partial charge in [-0.25, -0.2) is 4.79 Å². The zero-order chi connectivity index (χ0) is 17.1. The Bertz CT molecular complexity index is 954. The molecule has 24 heavy (non-hydrogen) atoms. The highest BCUT2D eigenvalue weighted by Gasteiger charge is 2.19. The SMILES string of the molecule is CCOC(=O)c1cc2cc(CBr)ccc2n1-c1ccccc1C#N. The van der Waals surface area contributed by atoms with Crippen LogP contribution in [0.15, 0.2) is 48.5 Å². The average Bonchev–Trinajstić information content (AvgIpc) is 3.00. The van der Waals surface area contributed by atoms with Gasteiger partial charge in [0.05, 0.1) is 23.4 Å². The van der Waals surface area contributed by atoms with E-state index < -0.39 is 5.97 Å². The fourth-order valence-electron chi connectivity index (χ4n) is 2.73. The number of para-hydroxylation sites is 1. The summed E-state index contributed by atoms with van der Waals surface area (Å²) in [7, 11) is 0. The first-order valence-electron chi connectivity index (χ1n) is 7.56. The number of carbonyl (C=O) groups is 1. The number of halogens is 1. The van der Waals surface area contributed by atoms with Crippen molar-refractivity contribution < 1.29 is 9.53 Å². The van der Waals surface area contributed by atoms with Crippen molar-refractivity contribution in [3.05, 3.63) is 65.4 Å². The van der Waals surface area contributed by atoms with Crippen LogP contribution in [0.3, 0.4) is 0 Å². The van der Waals surface area contributed by atoms with Crippen molar-refractivity contribution in [2.75, 3.05) is 6.61 Å². The molecule has 0 saturated heterocycles. The first kappa shape index (κ1) is 16.3. The number of alkyl halides is 1. The Morgan fingerprint density at radius 2 is 2.04 bits per heavy atom. The molecule has 0 amide bonds. The first-order valence-corrected chi connectivity index (χ1v) is 8.68. The molecular formula is C19H15BrN2O2. The second-order valence-corrected chi connectivity index (χ2v) is 5.80. The summed E-state index contributed by atoms with van der Waals surface area (Å²) in [5, 5.41) is 11.1. The van der Waals surface area contributed by atoms with Gasteiger partial charge >= 0.3 is 5.97 Å². The number of aromatic nitrogens is 1. The Morgan fingerprint density at radius 3 is 2.75 bits per heavy atom. The molecule has 5 heteroatoms. The minimum Gasteiger partial charge on any atom is -0.461 e. The highest BCUT2D eigenvalue weighted by molar-refractivity contribution is 9.08. The molecule has 0 saturated carbocycles. The molecule has 1 heterocycles. The Hall–Kier alpha value is -2.58. The summed E-state index contributed by atoms with van der Waals surface area (Å²) >= 11 is 3.45. The third-order valence-electron chi connectivity index (χ3n) is 3.77. The molecule has 4 nitrogen and oxygen atoms in total. The quantitative estimate of drug-likeness (QED) is 0.490. The molecule has 3 aromatic rings. The van der Waals surface area contributed by atoms with E-state index in [0.29, 0.717) is 23.6 Å². The topological polar surface area (TPSA) is 55.0 Å². The maximum atomic E-state index is 12.4. The van der Waals surface area contributed by atoms with Crippen molar-refractivity contribution in [1.29, 1.82) is 5.26 Å². The lowest BCUT2D eigenvalue weighted by Gasteiger charge is -2.12. The third-order valence-corrected chi connectivity index (χ3v) is 4.42. The van der Waals surface area contributed by atoms with Gasteiger partial charge < -0.3 is 9.30 Å². The number of hydrogen-bond acceptors (Lipinski definition) is 3. The lowest BCUT2D eigenvalue weighted by molar-refractivity contribution is 0.0517. The van der Waals surface area contributed by atoms with Gasteiger partial charge in [0, 0.05) is 10.7 Å². The fraction of sp³-hybridized carbons (Fsp3) is 0.158. The van der Waals surface area contributed by atoms with Crippen molar-refractivity contribution in [2.45, 2.75) is 12.3 Å². The molecule has 120 valence electrons. The molecule has 0 fully saturated rings. The van der Waals surface area contributed by atoms with E-state index >= 15 is 0 Å². The van der Waals surface area contributed by atoms with Gasteiger partial charge in [-0.2, -0.15) is 5.26 Å². The molecule has 0 aliphatic rings. The van der Waals surface area contributed by atoms with Gasteiger partial charge in [0.15, 0.2) is 0 Å². The Kier molecular flexibility index (Phi) is 4.68. The van der Waals surface area contributed by atoms with Crippen molar-refractivity contribution in [3.8, 4) is 11.8 Å². The molecule has 0 atom stereocenters. The average molecular weight is 383 g/mol. The summed E-state index contributed by atoms with van der Waals surface area (Å²) in [6, 6.07) is 17.2. The van der Waals surface area contributed by atoms with E-state index in [1.54, 1.807) is 23.6 Å². The standard InChI is InChI=1S/C19H15BrN2O2/c1-2-24-19(23)18-10-15-9-13(11-20)7-8-17(15)22(18)16-6-4-3-5-14(16)12-21/h3-10H,2,11H2,1H3. The predicted octanol–water partition coefficient (Wildman–Crippen LogP) is 4.57. The van der Waals surface area contributed by atoms with E-state index in [0.717, 1.165) is 21.8 Å². The third kappa shape index (κ3) is 2.81. The maximum Gasteiger partial charge on any atom is 0.355 e. The molecule has 0 aliphatic heterocycles. The number of nitrogens with zero attached hydrogens (tertiary/aromatic N) is 2. The minimum atomic E-state index is -0.401. The number of hydrogen-bond donors (Lipinski definition) is 0. The molecule has 0 aliphatic carbocycles. The van der Waals surface area contributed by atoms with Crippen molar-refractivity contribution in [1.82, 2.24) is 4.57 Å². The summed E-state index contributed by atoms with van der Waals surface area (Å²) in [5.74, 6) is -0.401. The van der Waals surface area contributed by atoms with E-state index in [1.165, 1.54) is 0 Å². The van der Waals surface area contributed by atoms with Gasteiger partial charge in [-0.1, -0.05) is 34.1 Å². The summed E-state index contributed by atoms with van der Waals surface area (Å²) in [6.07, 6.45) is 0. The smallest absolute Gasteiger partial charge is 0.355 e. The molecule has 3 rings (SSSR count). The number of carbonyl (C=O) groups excluding carboxylic acids is 1. The molecule has 0 N–H and O–H groups in total. The van der Waals surface area contributed by atoms with Gasteiger partial charge in [-0.15, -0.1) is 0 Å². The Morgan fingerprint density at radius 1 is 1.25 bits per heavy atom. The number of benzene rings is 2. The van der Waals surface area contributed by atoms with Crippen molar-refractivity contribution in [3.63, 3.8) is 0 Å². The van der Waals surface area contributed by atoms with Crippen LogP contribution in [0.25, 0.3) is 16.6 Å². The van der Waals surface area contributed by atoms with Crippen molar-refractivity contribution in [2.24, 2.45) is 0 Å². The van der Waals surface area contributed by atoms with Crippen LogP contribution in [-0.2, 0) is 10.1 Å². The summed E-state index contributed by atoms with van der Waals surface area (Å²) < 4.78 is 6.99. The van der Waals surface area contributed by atoms with Gasteiger partial charge in [0.2, 0.25) is 0 Å². The van der Waals surface area contributed by atoms with Crippen LogP contribution in [0, 0.1) is 11.3 Å². The van der Waals surface area contributed by atoms with Gasteiger partial charge in [-0.05, 0) is 42.8 Å². The van der Waals surface area contributed by atoms with Crippen LogP contribution >= 0.6 is 15.9 Å². The van der Waals surface area contributed by atoms with Gasteiger partial charge in [-0.3, -0.25) is 0 Å². The molecule has 0 bridgehead atoms. The van der Waals surface area contributed by atoms with E-state index in [-0.39, 0.29) is 0 Å². The Balaban J connectivity index is 2.33. The summed E-state index contributed by atoms with van der Waals surface area (Å²) in [6.45, 7) is 2.07. The fourth-order valence-corrected chi connectivity index (χ4v) is 3.07. The van der Waals surface area contributed by atoms with Crippen LogP contribution < -0.4 is 0 Å². The van der Waals surface area contributed by atoms with Crippen LogP contribution in [-0.4, -0.2) is 17.1 Å². The molecule has 0 radical (unpaired) electrons. The largest absolute Gasteiger partial charge is 0.461 e. The number of nitriles is 1. The number of esters is 1. The number of ether oxygens (including phenoxy) is 1. The van der Waals surface area contributed by atoms with Crippen LogP contribution in [0.1, 0.15) is 28.5 Å². The predicted molar refractivity (Wildman–Crippen MR) is 96.6 cm³/mol. The van der Waals surface area contributed by atoms with E-state index in [4.69, 9.17) is 4.74 Å². The summed E-state index contributed by atoms with van der Waals surface area (Å²) in [4.78, 5) is 12.4. The molecular weight excluding hydrogens is 368 g/mol. The number of rotatable bonds is 4. The Labute approximate surface area is 148 Å². The summed E-state index contributed by atoms with van der Waals surface area (Å²) in [5.41, 5.74) is 3.57. The van der Waals surface area contributed by atoms with Crippen LogP contribution in [0.2, 0.25) is 0 Å². The van der Waals surface area contributed by atoms with E-state index in [2.05, 4.69) is 22.0 Å². The first-order chi connectivity index (χ1) is 11.7. The number of fused-ring (bicyclic) bond motifs is 1. The van der Waals surface area contributed by atoms with Gasteiger partial charge in [0.25, 0.3) is 0 Å². The van der Waals surface area contributed by atoms with Crippen LogP contribution in [0.4, 0.5) is 0 Å². The molecule has 2 aromatic carbocycles. The zero-order valence-corrected chi connectivity index (χ0v) is 14.7. The highest BCUT2D eigenvalue weighted by Crippen LogP contribution is 2.28. The van der Waals surface area contributed by atoms with Crippen molar-refractivity contribution >= 4 is 32.8 Å². The minimum absolute atomic E-state index is 0.299. The second kappa shape index (κ2) is 6.90. The lowest BCUT2D eigenvalue weighted by Crippen LogP contribution is -2.11. The van der Waals surface area contributed by atoms with Crippen LogP contribution in [0.5, 0.6) is 0 Å². The van der Waals surface area contributed by atoms with E-state index in [9.17, 15) is 10.1 Å².